The largest absolute Gasteiger partial charge is 0.418 e. The molecule has 2 aliphatic rings. The minimum atomic E-state index is -4.73. The van der Waals surface area contributed by atoms with Gasteiger partial charge in [0, 0.05) is 0 Å². The predicted octanol–water partition coefficient (Wildman–Crippen LogP) is 4.49. The Morgan fingerprint density at radius 1 is 1.00 bits per heavy atom. The molecule has 1 heterocycles. The number of carbonyl (C=O) groups is 2. The van der Waals surface area contributed by atoms with Crippen molar-refractivity contribution in [2.24, 2.45) is 11.8 Å². The maximum Gasteiger partial charge on any atom is 0.418 e. The van der Waals surface area contributed by atoms with E-state index in [4.69, 9.17) is 0 Å². The first-order valence-electron chi connectivity index (χ1n) is 10.6. The number of benzene rings is 2. The van der Waals surface area contributed by atoms with Crippen LogP contribution in [0, 0.1) is 18.8 Å². The van der Waals surface area contributed by atoms with E-state index >= 15 is 0 Å². The third-order valence-electron chi connectivity index (χ3n) is 6.29. The third kappa shape index (κ3) is 4.48. The second-order valence-electron chi connectivity index (χ2n) is 8.51. The van der Waals surface area contributed by atoms with Crippen LogP contribution < -0.4 is 4.72 Å². The normalized spacial score (nSPS) is 21.3. The van der Waals surface area contributed by atoms with E-state index in [1.165, 1.54) is 36.1 Å². The average Bonchev–Trinajstić information content (AvgIpc) is 2.99. The van der Waals surface area contributed by atoms with Crippen molar-refractivity contribution >= 4 is 27.5 Å². The Kier molecular flexibility index (Phi) is 5.98. The first kappa shape index (κ1) is 23.3. The highest BCUT2D eigenvalue weighted by Crippen LogP contribution is 2.39. The van der Waals surface area contributed by atoms with Crippen LogP contribution in [0.15, 0.2) is 47.4 Å². The molecule has 0 aromatic heterocycles. The van der Waals surface area contributed by atoms with Crippen LogP contribution in [0.2, 0.25) is 0 Å². The lowest BCUT2D eigenvalue weighted by Gasteiger charge is -2.19. The third-order valence-corrected chi connectivity index (χ3v) is 7.80. The van der Waals surface area contributed by atoms with Crippen LogP contribution in [0.5, 0.6) is 0 Å². The van der Waals surface area contributed by atoms with Gasteiger partial charge in [-0.25, -0.2) is 8.42 Å². The first-order chi connectivity index (χ1) is 15.5. The monoisotopic (exact) mass is 480 g/mol. The maximum absolute atomic E-state index is 13.3. The second-order valence-corrected chi connectivity index (χ2v) is 10.2. The average molecular weight is 481 g/mol. The Morgan fingerprint density at radius 3 is 2.21 bits per heavy atom. The highest BCUT2D eigenvalue weighted by atomic mass is 32.2. The van der Waals surface area contributed by atoms with Crippen molar-refractivity contribution in [2.75, 3.05) is 4.72 Å². The maximum atomic E-state index is 13.3. The molecule has 2 fully saturated rings. The Labute approximate surface area is 189 Å². The van der Waals surface area contributed by atoms with Crippen molar-refractivity contribution in [2.45, 2.75) is 50.2 Å². The molecule has 4 rings (SSSR count). The van der Waals surface area contributed by atoms with Crippen LogP contribution in [-0.4, -0.2) is 25.1 Å². The summed E-state index contributed by atoms with van der Waals surface area (Å²) in [7, 11) is -4.37. The zero-order chi connectivity index (χ0) is 24.0. The van der Waals surface area contributed by atoms with Crippen molar-refractivity contribution in [3.8, 4) is 0 Å². The number of hydrogen-bond acceptors (Lipinski definition) is 4. The van der Waals surface area contributed by atoms with Crippen molar-refractivity contribution < 1.29 is 31.2 Å². The summed E-state index contributed by atoms with van der Waals surface area (Å²) >= 11 is 0. The lowest BCUT2D eigenvalue weighted by Crippen LogP contribution is -2.30. The fraction of sp³-hybridized carbons (Fsp3) is 0.391. The number of carbonyl (C=O) groups excluding carboxylic acids is 2. The number of nitrogens with zero attached hydrogens (tertiary/aromatic N) is 1. The summed E-state index contributed by atoms with van der Waals surface area (Å²) in [5.74, 6) is -1.13. The number of halogens is 3. The molecule has 2 aromatic carbocycles. The number of amides is 2. The lowest BCUT2D eigenvalue weighted by atomic mass is 9.81. The van der Waals surface area contributed by atoms with Gasteiger partial charge in [-0.2, -0.15) is 13.2 Å². The molecule has 0 spiro atoms. The predicted molar refractivity (Wildman–Crippen MR) is 114 cm³/mol. The first-order valence-corrected chi connectivity index (χ1v) is 12.1. The van der Waals surface area contributed by atoms with E-state index in [0.29, 0.717) is 24.0 Å². The van der Waals surface area contributed by atoms with Crippen molar-refractivity contribution in [1.82, 2.24) is 4.90 Å². The number of para-hydroxylation sites is 1. The van der Waals surface area contributed by atoms with Crippen LogP contribution in [-0.2, 0) is 32.3 Å². The quantitative estimate of drug-likeness (QED) is 0.640. The van der Waals surface area contributed by atoms with E-state index in [9.17, 15) is 31.2 Å². The van der Waals surface area contributed by atoms with Gasteiger partial charge in [0.1, 0.15) is 0 Å². The van der Waals surface area contributed by atoms with Crippen molar-refractivity contribution in [1.29, 1.82) is 0 Å². The minimum Gasteiger partial charge on any atom is -0.279 e. The summed E-state index contributed by atoms with van der Waals surface area (Å²) < 4.78 is 67.9. The summed E-state index contributed by atoms with van der Waals surface area (Å²) in [6.07, 6.45) is -1.61. The van der Waals surface area contributed by atoms with Crippen molar-refractivity contribution in [3.63, 3.8) is 0 Å². The van der Waals surface area contributed by atoms with Crippen LogP contribution in [0.4, 0.5) is 18.9 Å². The van der Waals surface area contributed by atoms with E-state index < -0.39 is 27.5 Å². The van der Waals surface area contributed by atoms with Crippen LogP contribution in [0.3, 0.4) is 0 Å². The molecule has 1 N–H and O–H groups in total. The van der Waals surface area contributed by atoms with Crippen LogP contribution in [0.1, 0.15) is 42.4 Å². The molecule has 1 aliphatic heterocycles. The number of likely N-dealkylation sites (tertiary alicyclic amines) is 1. The van der Waals surface area contributed by atoms with E-state index in [1.807, 2.05) is 4.72 Å². The van der Waals surface area contributed by atoms with E-state index in [-0.39, 0.29) is 35.1 Å². The molecule has 2 atom stereocenters. The van der Waals surface area contributed by atoms with Gasteiger partial charge >= 0.3 is 6.18 Å². The Balaban J connectivity index is 1.62. The molecular formula is C23H23F3N2O4S. The second kappa shape index (κ2) is 8.48. The molecule has 2 amide bonds. The molecule has 176 valence electrons. The number of sulfonamides is 1. The molecule has 0 radical (unpaired) electrons. The summed E-state index contributed by atoms with van der Waals surface area (Å²) in [6.45, 7) is 1.45. The molecule has 10 heteroatoms. The van der Waals surface area contributed by atoms with Gasteiger partial charge in [0.25, 0.3) is 10.0 Å². The lowest BCUT2D eigenvalue weighted by molar-refractivity contribution is -0.140. The number of alkyl halides is 3. The van der Waals surface area contributed by atoms with E-state index in [0.717, 1.165) is 25.0 Å². The zero-order valence-electron chi connectivity index (χ0n) is 17.9. The van der Waals surface area contributed by atoms with Gasteiger partial charge in [0.05, 0.1) is 34.5 Å². The van der Waals surface area contributed by atoms with Crippen LogP contribution >= 0.6 is 0 Å². The van der Waals surface area contributed by atoms with Gasteiger partial charge in [0.2, 0.25) is 11.8 Å². The fourth-order valence-corrected chi connectivity index (χ4v) is 6.00. The van der Waals surface area contributed by atoms with Gasteiger partial charge in [-0.05, 0) is 49.1 Å². The Morgan fingerprint density at radius 2 is 1.61 bits per heavy atom. The molecule has 33 heavy (non-hydrogen) atoms. The highest BCUT2D eigenvalue weighted by molar-refractivity contribution is 7.92. The molecule has 0 unspecified atom stereocenters. The summed E-state index contributed by atoms with van der Waals surface area (Å²) in [5.41, 5.74) is -0.948. The van der Waals surface area contributed by atoms with E-state index in [1.54, 1.807) is 6.07 Å². The number of hydrogen-bond donors (Lipinski definition) is 1. The summed E-state index contributed by atoms with van der Waals surface area (Å²) in [6, 6.07) is 8.75. The molecule has 1 saturated heterocycles. The number of fused-ring (bicyclic) bond motifs is 1. The van der Waals surface area contributed by atoms with Gasteiger partial charge in [-0.1, -0.05) is 37.1 Å². The molecule has 2 aromatic rings. The number of nitrogens with one attached hydrogen (secondary N) is 1. The standard InChI is InChI=1S/C23H23F3N2O4S/c1-14-10-11-15(13-28-21(29)16-6-2-3-7-17(16)22(28)30)12-20(14)33(31,32)27-19-9-5-4-8-18(19)23(24,25)26/h4-5,8-12,16-17,27H,2-3,6-7,13H2,1H3/t16-,17-/m0/s1. The van der Waals surface area contributed by atoms with Gasteiger partial charge in [-0.15, -0.1) is 0 Å². The zero-order valence-corrected chi connectivity index (χ0v) is 18.7. The van der Waals surface area contributed by atoms with E-state index in [2.05, 4.69) is 0 Å². The summed E-state index contributed by atoms with van der Waals surface area (Å²) in [5, 5.41) is 0. The molecule has 0 bridgehead atoms. The SMILES string of the molecule is Cc1ccc(CN2C(=O)[C@H]3CCCC[C@@H]3C2=O)cc1S(=O)(=O)Nc1ccccc1C(F)(F)F. The van der Waals surface area contributed by atoms with Gasteiger partial charge in [0.15, 0.2) is 0 Å². The fourth-order valence-electron chi connectivity index (χ4n) is 4.62. The molecular weight excluding hydrogens is 457 g/mol. The number of anilines is 1. The summed E-state index contributed by atoms with van der Waals surface area (Å²) in [4.78, 5) is 26.4. The Bertz CT molecular complexity index is 1190. The highest BCUT2D eigenvalue weighted by Gasteiger charge is 2.48. The minimum absolute atomic E-state index is 0.0768. The van der Waals surface area contributed by atoms with Crippen LogP contribution in [0.25, 0.3) is 0 Å². The smallest absolute Gasteiger partial charge is 0.279 e. The topological polar surface area (TPSA) is 83.6 Å². The Hall–Kier alpha value is -2.88. The molecule has 1 aliphatic carbocycles. The van der Waals surface area contributed by atoms with Crippen molar-refractivity contribution in [3.05, 3.63) is 59.2 Å². The molecule has 6 nitrogen and oxygen atoms in total. The molecule has 1 saturated carbocycles. The number of aryl methyl sites for hydroxylation is 1. The number of rotatable bonds is 5. The number of imide groups is 1. The van der Waals surface area contributed by atoms with Gasteiger partial charge in [-0.3, -0.25) is 19.2 Å². The van der Waals surface area contributed by atoms with Gasteiger partial charge < -0.3 is 0 Å².